The van der Waals surface area contributed by atoms with Crippen molar-refractivity contribution in [1.29, 1.82) is 0 Å². The third kappa shape index (κ3) is 83.4. The van der Waals surface area contributed by atoms with E-state index in [1.807, 2.05) is 21.1 Å². The largest absolute Gasteiger partial charge is 0.477 e. The van der Waals surface area contributed by atoms with Crippen molar-refractivity contribution >= 4 is 17.9 Å². The Hall–Kier alpha value is -3.79. The Labute approximate surface area is 626 Å². The number of carbonyl (C=O) groups is 3. The number of unbranched alkanes of at least 4 members (excludes halogenated alkanes) is 50. The molecule has 0 aliphatic carbocycles. The van der Waals surface area contributed by atoms with E-state index < -0.39 is 18.4 Å². The van der Waals surface area contributed by atoms with Crippen LogP contribution in [0.4, 0.5) is 0 Å². The van der Waals surface area contributed by atoms with Gasteiger partial charge in [0, 0.05) is 12.8 Å². The third-order valence-corrected chi connectivity index (χ3v) is 19.3. The monoisotopic (exact) mass is 1410 g/mol. The molecule has 101 heavy (non-hydrogen) atoms. The number of allylic oxidation sites excluding steroid dienone is 16. The summed E-state index contributed by atoms with van der Waals surface area (Å²) in [6.45, 7) is 4.72. The number of carboxylic acids is 1. The third-order valence-electron chi connectivity index (χ3n) is 19.3. The van der Waals surface area contributed by atoms with Gasteiger partial charge in [0.25, 0.3) is 6.29 Å². The molecule has 0 fully saturated rings. The molecule has 0 aliphatic heterocycles. The highest BCUT2D eigenvalue weighted by molar-refractivity contribution is 5.71. The second-order valence-electron chi connectivity index (χ2n) is 30.4. The maximum Gasteiger partial charge on any atom is 0.361 e. The molecule has 0 spiro atoms. The summed E-state index contributed by atoms with van der Waals surface area (Å²) < 4.78 is 23.1. The fourth-order valence-electron chi connectivity index (χ4n) is 12.8. The number of likely N-dealkylation sites (N-methyl/N-ethyl adjacent to an activating group) is 1. The second-order valence-corrected chi connectivity index (χ2v) is 30.4. The molecule has 0 bridgehead atoms. The fraction of sp³-hybridized carbons (Fsp3) is 0.793. The van der Waals surface area contributed by atoms with Gasteiger partial charge in [-0.05, 0) is 89.9 Å². The molecule has 0 saturated heterocycles. The zero-order chi connectivity index (χ0) is 73.2. The number of hydrogen-bond donors (Lipinski definition) is 1. The zero-order valence-electron chi connectivity index (χ0n) is 67.3. The molecule has 0 aromatic heterocycles. The first-order valence-corrected chi connectivity index (χ1v) is 43.4. The SMILES string of the molecule is CC/C=C\C/C=C\C/C=C\C/C=C\CCCCCCCCCCCCCCCCCCCCCCCCCCCCC(=O)OC(COC(=O)CCCCCCCCCCCCCCCCCCCCCCCCCC/C=C\C/C=C\C/C=C\C/C=C\CC)COC(OCC[N+](C)(C)C)C(=O)O. The average molecular weight is 1410 g/mol. The van der Waals surface area contributed by atoms with Crippen molar-refractivity contribution < 1.29 is 42.9 Å². The van der Waals surface area contributed by atoms with Crippen LogP contribution in [0.3, 0.4) is 0 Å². The van der Waals surface area contributed by atoms with E-state index in [9.17, 15) is 19.5 Å². The minimum absolute atomic E-state index is 0.178. The maximum absolute atomic E-state index is 13.0. The van der Waals surface area contributed by atoms with Gasteiger partial charge < -0.3 is 28.5 Å². The van der Waals surface area contributed by atoms with Crippen molar-refractivity contribution in [1.82, 2.24) is 0 Å². The Kier molecular flexibility index (Phi) is 78.8. The smallest absolute Gasteiger partial charge is 0.361 e. The van der Waals surface area contributed by atoms with Crippen LogP contribution < -0.4 is 0 Å². The molecule has 0 heterocycles. The predicted molar refractivity (Wildman–Crippen MR) is 438 cm³/mol. The molecule has 9 heteroatoms. The van der Waals surface area contributed by atoms with Crippen molar-refractivity contribution in [3.8, 4) is 0 Å². The van der Waals surface area contributed by atoms with Gasteiger partial charge in [-0.2, -0.15) is 0 Å². The van der Waals surface area contributed by atoms with E-state index in [4.69, 9.17) is 18.9 Å². The van der Waals surface area contributed by atoms with Crippen LogP contribution in [0.25, 0.3) is 0 Å². The van der Waals surface area contributed by atoms with E-state index >= 15 is 0 Å². The molecule has 0 aliphatic rings. The molecule has 586 valence electrons. The lowest BCUT2D eigenvalue weighted by Gasteiger charge is -2.25. The van der Waals surface area contributed by atoms with Crippen LogP contribution in [0.1, 0.15) is 412 Å². The van der Waals surface area contributed by atoms with Crippen LogP contribution in [-0.2, 0) is 33.3 Å². The first-order valence-electron chi connectivity index (χ1n) is 43.4. The predicted octanol–water partition coefficient (Wildman–Crippen LogP) is 28.3. The second kappa shape index (κ2) is 81.9. The van der Waals surface area contributed by atoms with Crippen LogP contribution in [0, 0.1) is 0 Å². The summed E-state index contributed by atoms with van der Waals surface area (Å²) in [5.74, 6) is -1.97. The van der Waals surface area contributed by atoms with Crippen molar-refractivity contribution in [2.24, 2.45) is 0 Å². The van der Waals surface area contributed by atoms with Gasteiger partial charge in [-0.1, -0.05) is 406 Å². The van der Waals surface area contributed by atoms with Gasteiger partial charge in [0.2, 0.25) is 0 Å². The molecule has 0 saturated carbocycles. The zero-order valence-corrected chi connectivity index (χ0v) is 67.3. The van der Waals surface area contributed by atoms with Gasteiger partial charge in [-0.3, -0.25) is 9.59 Å². The van der Waals surface area contributed by atoms with Crippen LogP contribution in [0.15, 0.2) is 97.2 Å². The van der Waals surface area contributed by atoms with Gasteiger partial charge in [0.15, 0.2) is 6.10 Å². The van der Waals surface area contributed by atoms with Gasteiger partial charge in [-0.25, -0.2) is 4.79 Å². The number of carboxylic acid groups (broad SMARTS) is 1. The summed E-state index contributed by atoms with van der Waals surface area (Å²) in [6, 6.07) is 0. The minimum Gasteiger partial charge on any atom is -0.477 e. The van der Waals surface area contributed by atoms with Crippen LogP contribution in [0.2, 0.25) is 0 Å². The van der Waals surface area contributed by atoms with Crippen LogP contribution in [0.5, 0.6) is 0 Å². The molecule has 0 amide bonds. The normalized spacial score (nSPS) is 13.1. The number of aliphatic carboxylic acids is 1. The molecule has 1 N–H and O–H groups in total. The highest BCUT2D eigenvalue weighted by Crippen LogP contribution is 2.20. The number of ether oxygens (including phenoxy) is 4. The number of rotatable bonds is 81. The standard InChI is InChI=1S/C92H165NO8/c1-6-8-10-12-14-16-18-20-22-24-26-28-30-32-34-36-38-40-42-44-45-47-49-51-53-55-57-59-61-63-65-67-69-71-73-75-77-79-81-83-90(95)101-88(87-100-92(91(96)97)98-85-84-93(3,4)5)86-99-89(94)82-80-78-76-74-72-70-68-66-64-62-60-58-56-54-52-50-48-46-43-41-39-37-35-33-31-29-27-25-23-21-19-17-15-13-11-9-7-2/h8-11,14-17,20-23,26-29,88,92H,6-7,12-13,18-19,24-25,30-87H2,1-5H3/p+1/b10-8-,11-9-,16-14-,17-15-,22-20-,23-21-,28-26-,29-27-. The Morgan fingerprint density at radius 1 is 0.297 bits per heavy atom. The van der Waals surface area contributed by atoms with Crippen molar-refractivity contribution in [2.45, 2.75) is 424 Å². The van der Waals surface area contributed by atoms with Gasteiger partial charge >= 0.3 is 17.9 Å². The van der Waals surface area contributed by atoms with E-state index in [1.54, 1.807) is 0 Å². The number of carbonyl (C=O) groups excluding carboxylic acids is 2. The molecular weight excluding hydrogens is 1250 g/mol. The molecule has 9 nitrogen and oxygen atoms in total. The molecule has 0 rings (SSSR count). The summed E-state index contributed by atoms with van der Waals surface area (Å²) >= 11 is 0. The Balaban J connectivity index is 3.92. The summed E-state index contributed by atoms with van der Waals surface area (Å²) in [5, 5.41) is 9.79. The average Bonchev–Trinajstić information content (AvgIpc) is 1.21. The maximum atomic E-state index is 13.0. The number of esters is 2. The Bertz CT molecular complexity index is 1990. The molecule has 0 aromatic carbocycles. The summed E-state index contributed by atoms with van der Waals surface area (Å²) in [4.78, 5) is 37.8. The lowest BCUT2D eigenvalue weighted by atomic mass is 10.0. The van der Waals surface area contributed by atoms with Crippen molar-refractivity contribution in [2.75, 3.05) is 47.5 Å². The minimum atomic E-state index is -1.51. The van der Waals surface area contributed by atoms with E-state index in [0.717, 1.165) is 89.9 Å². The van der Waals surface area contributed by atoms with E-state index in [-0.39, 0.29) is 38.2 Å². The van der Waals surface area contributed by atoms with Crippen molar-refractivity contribution in [3.05, 3.63) is 97.2 Å². The van der Waals surface area contributed by atoms with Crippen LogP contribution in [-0.4, -0.2) is 87.4 Å². The van der Waals surface area contributed by atoms with E-state index in [1.165, 1.54) is 295 Å². The van der Waals surface area contributed by atoms with Crippen molar-refractivity contribution in [3.63, 3.8) is 0 Å². The fourth-order valence-corrected chi connectivity index (χ4v) is 12.8. The lowest BCUT2D eigenvalue weighted by molar-refractivity contribution is -0.870. The first kappa shape index (κ1) is 97.2. The van der Waals surface area contributed by atoms with Gasteiger partial charge in [0.1, 0.15) is 13.2 Å². The summed E-state index contributed by atoms with van der Waals surface area (Å²) in [6.07, 6.45) is 112. The summed E-state index contributed by atoms with van der Waals surface area (Å²) in [5.41, 5.74) is 0. The highest BCUT2D eigenvalue weighted by atomic mass is 16.7. The quantitative estimate of drug-likeness (QED) is 0.0211. The van der Waals surface area contributed by atoms with Gasteiger partial charge in [-0.15, -0.1) is 0 Å². The molecule has 2 unspecified atom stereocenters. The van der Waals surface area contributed by atoms with E-state index in [2.05, 4.69) is 111 Å². The number of nitrogens with zero attached hydrogens (tertiary/aromatic N) is 1. The Morgan fingerprint density at radius 2 is 0.535 bits per heavy atom. The van der Waals surface area contributed by atoms with Crippen LogP contribution >= 0.6 is 0 Å². The number of quaternary nitrogens is 1. The number of hydrogen-bond acceptors (Lipinski definition) is 7. The molecule has 0 aromatic rings. The molecule has 2 atom stereocenters. The molecule has 0 radical (unpaired) electrons. The topological polar surface area (TPSA) is 108 Å². The molecular formula is C92H166NO8+. The highest BCUT2D eigenvalue weighted by Gasteiger charge is 2.25. The van der Waals surface area contributed by atoms with E-state index in [0.29, 0.717) is 17.4 Å². The summed E-state index contributed by atoms with van der Waals surface area (Å²) in [7, 11) is 6.00. The van der Waals surface area contributed by atoms with Gasteiger partial charge in [0.05, 0.1) is 34.4 Å². The first-order chi connectivity index (χ1) is 49.6. The Morgan fingerprint density at radius 3 is 0.792 bits per heavy atom. The lowest BCUT2D eigenvalue weighted by Crippen LogP contribution is -2.40.